The Bertz CT molecular complexity index is 403. The Hall–Kier alpha value is -1.71. The van der Waals surface area contributed by atoms with Gasteiger partial charge in [-0.3, -0.25) is 0 Å². The van der Waals surface area contributed by atoms with Crippen molar-refractivity contribution in [2.75, 3.05) is 11.5 Å². The van der Waals surface area contributed by atoms with Crippen LogP contribution >= 0.6 is 0 Å². The van der Waals surface area contributed by atoms with Crippen LogP contribution in [0.1, 0.15) is 48.5 Å². The maximum Gasteiger partial charge on any atom is 0.0719 e. The summed E-state index contributed by atoms with van der Waals surface area (Å²) in [6, 6.07) is 3.02. The molecule has 4 heteroatoms. The average Bonchev–Trinajstić information content (AvgIpc) is 2.25. The maximum atomic E-state index is 11.0. The first kappa shape index (κ1) is 13.4. The number of hydrogen-bond acceptors (Lipinski definition) is 4. The predicted molar refractivity (Wildman–Crippen MR) is 67.4 cm³/mol. The van der Waals surface area contributed by atoms with Crippen LogP contribution in [-0.2, 0) is 6.42 Å². The van der Waals surface area contributed by atoms with E-state index < -0.39 is 5.97 Å². The smallest absolute Gasteiger partial charge is 0.0719 e. The zero-order valence-corrected chi connectivity index (χ0v) is 10.2. The number of carboxylic acid groups (broad SMARTS) is 1. The largest absolute Gasteiger partial charge is 0.545 e. The maximum absolute atomic E-state index is 11.0. The molecule has 0 aliphatic heterocycles. The van der Waals surface area contributed by atoms with Crippen molar-refractivity contribution in [3.8, 4) is 0 Å². The molecule has 4 N–H and O–H groups in total. The van der Waals surface area contributed by atoms with Crippen LogP contribution in [0.15, 0.2) is 12.1 Å². The first-order chi connectivity index (χ1) is 8.06. The summed E-state index contributed by atoms with van der Waals surface area (Å²) in [4.78, 5) is 11.0. The summed E-state index contributed by atoms with van der Waals surface area (Å²) in [5.41, 5.74) is 13.0. The van der Waals surface area contributed by atoms with Crippen LogP contribution < -0.4 is 16.6 Å². The molecule has 0 bridgehead atoms. The summed E-state index contributed by atoms with van der Waals surface area (Å²) in [6.07, 6.45) is 4.96. The fraction of sp³-hybridized carbons (Fsp3) is 0.462. The van der Waals surface area contributed by atoms with Crippen molar-refractivity contribution in [2.45, 2.75) is 39.0 Å². The molecule has 4 nitrogen and oxygen atoms in total. The Morgan fingerprint density at radius 1 is 1.24 bits per heavy atom. The lowest BCUT2D eigenvalue weighted by Gasteiger charge is -2.14. The van der Waals surface area contributed by atoms with Crippen LogP contribution in [-0.4, -0.2) is 5.97 Å². The number of nitrogen functional groups attached to an aromatic ring is 2. The number of unbranched alkanes of at least 4 members (excludes halogenated alkanes) is 3. The molecule has 94 valence electrons. The van der Waals surface area contributed by atoms with Gasteiger partial charge in [0, 0.05) is 16.9 Å². The van der Waals surface area contributed by atoms with Gasteiger partial charge in [0.25, 0.3) is 0 Å². The molecule has 0 fully saturated rings. The number of carboxylic acids is 1. The average molecular weight is 235 g/mol. The number of rotatable bonds is 6. The summed E-state index contributed by atoms with van der Waals surface area (Å²) >= 11 is 0. The predicted octanol–water partition coefficient (Wildman–Crippen LogP) is 1.34. The summed E-state index contributed by atoms with van der Waals surface area (Å²) in [6.45, 7) is 2.13. The van der Waals surface area contributed by atoms with Crippen LogP contribution in [0.4, 0.5) is 11.4 Å². The zero-order valence-electron chi connectivity index (χ0n) is 10.2. The molecule has 1 aromatic carbocycles. The van der Waals surface area contributed by atoms with Crippen molar-refractivity contribution < 1.29 is 9.90 Å². The van der Waals surface area contributed by atoms with Gasteiger partial charge >= 0.3 is 0 Å². The number of hydrogen-bond donors (Lipinski definition) is 2. The molecule has 17 heavy (non-hydrogen) atoms. The second kappa shape index (κ2) is 6.13. The first-order valence-electron chi connectivity index (χ1n) is 5.95. The van der Waals surface area contributed by atoms with Crippen LogP contribution in [0.5, 0.6) is 0 Å². The van der Waals surface area contributed by atoms with Gasteiger partial charge in [-0.15, -0.1) is 0 Å². The molecule has 0 saturated heterocycles. The molecule has 0 spiro atoms. The van der Waals surface area contributed by atoms with Gasteiger partial charge in [0.2, 0.25) is 0 Å². The first-order valence-corrected chi connectivity index (χ1v) is 5.95. The number of benzene rings is 1. The molecule has 1 rings (SSSR count). The molecule has 0 aromatic heterocycles. The van der Waals surface area contributed by atoms with Crippen molar-refractivity contribution in [3.05, 3.63) is 23.3 Å². The Labute approximate surface area is 102 Å². The molecule has 0 amide bonds. The van der Waals surface area contributed by atoms with E-state index in [1.807, 2.05) is 0 Å². The molecule has 0 atom stereocenters. The summed E-state index contributed by atoms with van der Waals surface area (Å²) in [5, 5.41) is 11.0. The minimum absolute atomic E-state index is 0.124. The molecule has 0 radical (unpaired) electrons. The molecule has 0 aliphatic rings. The quantitative estimate of drug-likeness (QED) is 0.574. The number of aromatic carboxylic acids is 1. The Kier molecular flexibility index (Phi) is 4.82. The lowest BCUT2D eigenvalue weighted by Crippen LogP contribution is -2.24. The minimum atomic E-state index is -1.21. The van der Waals surface area contributed by atoms with E-state index >= 15 is 0 Å². The molecule has 0 saturated carbocycles. The molecular formula is C13H19N2O2-. The van der Waals surface area contributed by atoms with Gasteiger partial charge in [-0.25, -0.2) is 0 Å². The third kappa shape index (κ3) is 3.66. The number of nitrogens with two attached hydrogens (primary N) is 2. The van der Waals surface area contributed by atoms with Crippen LogP contribution in [0.3, 0.4) is 0 Å². The van der Waals surface area contributed by atoms with Gasteiger partial charge in [0.05, 0.1) is 5.97 Å². The van der Waals surface area contributed by atoms with Gasteiger partial charge in [-0.1, -0.05) is 26.2 Å². The fourth-order valence-electron chi connectivity index (χ4n) is 1.91. The van der Waals surface area contributed by atoms with Crippen molar-refractivity contribution >= 4 is 17.3 Å². The molecule has 1 aromatic rings. The van der Waals surface area contributed by atoms with Crippen molar-refractivity contribution in [2.24, 2.45) is 0 Å². The van der Waals surface area contributed by atoms with Crippen molar-refractivity contribution in [3.63, 3.8) is 0 Å². The normalized spacial score (nSPS) is 10.4. The number of carbonyl (C=O) groups is 1. The van der Waals surface area contributed by atoms with Crippen LogP contribution in [0.25, 0.3) is 0 Å². The number of carbonyl (C=O) groups excluding carboxylic acids is 1. The lowest BCUT2D eigenvalue weighted by molar-refractivity contribution is -0.255. The van der Waals surface area contributed by atoms with E-state index in [4.69, 9.17) is 11.5 Å². The number of anilines is 2. The third-order valence-corrected chi connectivity index (χ3v) is 2.81. The topological polar surface area (TPSA) is 92.2 Å². The standard InChI is InChI=1S/C13H20N2O2/c1-2-3-4-5-6-10-11(13(16)17)7-9(14)8-12(10)15/h7-8H,2-6,14-15H2,1H3,(H,16,17)/p-1. The summed E-state index contributed by atoms with van der Waals surface area (Å²) < 4.78 is 0. The molecule has 0 aliphatic carbocycles. The van der Waals surface area contributed by atoms with Gasteiger partial charge in [-0.05, 0) is 30.5 Å². The van der Waals surface area contributed by atoms with Crippen molar-refractivity contribution in [1.29, 1.82) is 0 Å². The zero-order chi connectivity index (χ0) is 12.8. The van der Waals surface area contributed by atoms with Crippen molar-refractivity contribution in [1.82, 2.24) is 0 Å². The van der Waals surface area contributed by atoms with E-state index in [0.717, 1.165) is 25.7 Å². The van der Waals surface area contributed by atoms with E-state index in [9.17, 15) is 9.90 Å². The third-order valence-electron chi connectivity index (χ3n) is 2.81. The highest BCUT2D eigenvalue weighted by atomic mass is 16.4. The summed E-state index contributed by atoms with van der Waals surface area (Å²) in [5.74, 6) is -1.21. The highest BCUT2D eigenvalue weighted by Crippen LogP contribution is 2.23. The van der Waals surface area contributed by atoms with Crippen LogP contribution in [0, 0.1) is 0 Å². The monoisotopic (exact) mass is 235 g/mol. The highest BCUT2D eigenvalue weighted by molar-refractivity contribution is 5.91. The van der Waals surface area contributed by atoms with E-state index in [-0.39, 0.29) is 5.56 Å². The Morgan fingerprint density at radius 2 is 1.94 bits per heavy atom. The highest BCUT2D eigenvalue weighted by Gasteiger charge is 2.08. The molecule has 0 heterocycles. The van der Waals surface area contributed by atoms with Crippen LogP contribution in [0.2, 0.25) is 0 Å². The molecule has 0 unspecified atom stereocenters. The van der Waals surface area contributed by atoms with E-state index in [1.165, 1.54) is 6.07 Å². The van der Waals surface area contributed by atoms with Gasteiger partial charge in [0.15, 0.2) is 0 Å². The van der Waals surface area contributed by atoms with E-state index in [1.54, 1.807) is 6.07 Å². The Balaban J connectivity index is 2.85. The second-order valence-corrected chi connectivity index (χ2v) is 4.23. The lowest BCUT2D eigenvalue weighted by atomic mass is 9.98. The summed E-state index contributed by atoms with van der Waals surface area (Å²) in [7, 11) is 0. The van der Waals surface area contributed by atoms with Gasteiger partial charge in [0.1, 0.15) is 0 Å². The SMILES string of the molecule is CCCCCCc1c(N)cc(N)cc1C(=O)[O-]. The second-order valence-electron chi connectivity index (χ2n) is 4.23. The van der Waals surface area contributed by atoms with E-state index in [0.29, 0.717) is 23.4 Å². The minimum Gasteiger partial charge on any atom is -0.545 e. The fourth-order valence-corrected chi connectivity index (χ4v) is 1.91. The Morgan fingerprint density at radius 3 is 2.53 bits per heavy atom. The molecular weight excluding hydrogens is 216 g/mol. The van der Waals surface area contributed by atoms with Gasteiger partial charge < -0.3 is 21.4 Å². The van der Waals surface area contributed by atoms with Gasteiger partial charge in [-0.2, -0.15) is 0 Å². The van der Waals surface area contributed by atoms with E-state index in [2.05, 4.69) is 6.92 Å².